The summed E-state index contributed by atoms with van der Waals surface area (Å²) in [6, 6.07) is 3.65. The lowest BCUT2D eigenvalue weighted by Crippen LogP contribution is -2.33. The van der Waals surface area contributed by atoms with Gasteiger partial charge in [0, 0.05) is 24.3 Å². The normalized spacial score (nSPS) is 24.8. The highest BCUT2D eigenvalue weighted by molar-refractivity contribution is 6.29. The number of hydrogen-bond donors (Lipinski definition) is 0. The second-order valence-corrected chi connectivity index (χ2v) is 4.90. The van der Waals surface area contributed by atoms with E-state index in [-0.39, 0.29) is 5.91 Å². The molecule has 1 aliphatic heterocycles. The molecule has 3 nitrogen and oxygen atoms in total. The van der Waals surface area contributed by atoms with Gasteiger partial charge < -0.3 is 4.90 Å². The molecule has 2 unspecified atom stereocenters. The molecule has 0 radical (unpaired) electrons. The summed E-state index contributed by atoms with van der Waals surface area (Å²) in [6.45, 7) is 5.09. The standard InChI is InChI=1S/C12H15ClN2O/c1-8-5-9(2)15(7-8)12(16)10-3-4-14-11(13)6-10/h3-4,6,8-9H,5,7H2,1-2H3. The molecule has 2 rings (SSSR count). The molecule has 1 aromatic heterocycles. The molecule has 0 spiro atoms. The van der Waals surface area contributed by atoms with Crippen LogP contribution in [0.1, 0.15) is 30.6 Å². The van der Waals surface area contributed by atoms with Gasteiger partial charge in [-0.3, -0.25) is 4.79 Å². The minimum atomic E-state index is 0.0566. The van der Waals surface area contributed by atoms with Gasteiger partial charge in [0.1, 0.15) is 5.15 Å². The Morgan fingerprint density at radius 3 is 2.88 bits per heavy atom. The van der Waals surface area contributed by atoms with Gasteiger partial charge in [0.05, 0.1) is 0 Å². The first kappa shape index (κ1) is 11.4. The van der Waals surface area contributed by atoms with Crippen LogP contribution in [-0.2, 0) is 0 Å². The molecule has 0 bridgehead atoms. The summed E-state index contributed by atoms with van der Waals surface area (Å²) < 4.78 is 0. The summed E-state index contributed by atoms with van der Waals surface area (Å²) >= 11 is 5.78. The van der Waals surface area contributed by atoms with Crippen molar-refractivity contribution < 1.29 is 4.79 Å². The van der Waals surface area contributed by atoms with E-state index >= 15 is 0 Å². The largest absolute Gasteiger partial charge is 0.336 e. The Bertz CT molecular complexity index is 408. The minimum Gasteiger partial charge on any atom is -0.336 e. The average molecular weight is 239 g/mol. The number of nitrogens with zero attached hydrogens (tertiary/aromatic N) is 2. The Morgan fingerprint density at radius 2 is 2.31 bits per heavy atom. The quantitative estimate of drug-likeness (QED) is 0.705. The Hall–Kier alpha value is -1.09. The third-order valence-corrected chi connectivity index (χ3v) is 3.22. The van der Waals surface area contributed by atoms with E-state index in [4.69, 9.17) is 11.6 Å². The molecule has 1 aromatic rings. The van der Waals surface area contributed by atoms with Crippen LogP contribution in [0.4, 0.5) is 0 Å². The summed E-state index contributed by atoms with van der Waals surface area (Å²) in [4.78, 5) is 18.0. The summed E-state index contributed by atoms with van der Waals surface area (Å²) in [5.74, 6) is 0.636. The van der Waals surface area contributed by atoms with Gasteiger partial charge in [0.2, 0.25) is 0 Å². The maximum Gasteiger partial charge on any atom is 0.254 e. The SMILES string of the molecule is CC1CC(C)N(C(=O)c2ccnc(Cl)c2)C1. The topological polar surface area (TPSA) is 33.2 Å². The first-order valence-corrected chi connectivity index (χ1v) is 5.88. The zero-order chi connectivity index (χ0) is 11.7. The molecule has 1 fully saturated rings. The van der Waals surface area contributed by atoms with E-state index in [0.717, 1.165) is 13.0 Å². The number of rotatable bonds is 1. The predicted molar refractivity (Wildman–Crippen MR) is 63.5 cm³/mol. The van der Waals surface area contributed by atoms with Gasteiger partial charge >= 0.3 is 0 Å². The van der Waals surface area contributed by atoms with Crippen LogP contribution in [0, 0.1) is 5.92 Å². The van der Waals surface area contributed by atoms with Gasteiger partial charge in [-0.05, 0) is 31.4 Å². The van der Waals surface area contributed by atoms with Crippen molar-refractivity contribution in [3.05, 3.63) is 29.0 Å². The van der Waals surface area contributed by atoms with Crippen LogP contribution in [-0.4, -0.2) is 28.4 Å². The van der Waals surface area contributed by atoms with Crippen LogP contribution in [0.5, 0.6) is 0 Å². The third-order valence-electron chi connectivity index (χ3n) is 3.02. The van der Waals surface area contributed by atoms with Gasteiger partial charge in [-0.2, -0.15) is 0 Å². The van der Waals surface area contributed by atoms with Crippen molar-refractivity contribution in [2.24, 2.45) is 5.92 Å². The van der Waals surface area contributed by atoms with Crippen molar-refractivity contribution in [2.45, 2.75) is 26.3 Å². The highest BCUT2D eigenvalue weighted by Crippen LogP contribution is 2.24. The highest BCUT2D eigenvalue weighted by Gasteiger charge is 2.30. The lowest BCUT2D eigenvalue weighted by molar-refractivity contribution is 0.0743. The van der Waals surface area contributed by atoms with Crippen molar-refractivity contribution in [1.82, 2.24) is 9.88 Å². The Labute approximate surface area is 100 Å². The number of halogens is 1. The third kappa shape index (κ3) is 2.19. The monoisotopic (exact) mass is 238 g/mol. The molecule has 0 saturated carbocycles. The number of hydrogen-bond acceptors (Lipinski definition) is 2. The summed E-state index contributed by atoms with van der Waals surface area (Å²) in [7, 11) is 0. The van der Waals surface area contributed by atoms with Crippen LogP contribution < -0.4 is 0 Å². The Kier molecular flexibility index (Phi) is 3.15. The second kappa shape index (κ2) is 4.42. The summed E-state index contributed by atoms with van der Waals surface area (Å²) in [6.07, 6.45) is 2.64. The zero-order valence-electron chi connectivity index (χ0n) is 9.48. The van der Waals surface area contributed by atoms with Crippen molar-refractivity contribution in [3.8, 4) is 0 Å². The number of aromatic nitrogens is 1. The van der Waals surface area contributed by atoms with Gasteiger partial charge in [-0.15, -0.1) is 0 Å². The van der Waals surface area contributed by atoms with Crippen molar-refractivity contribution in [2.75, 3.05) is 6.54 Å². The van der Waals surface area contributed by atoms with Crippen LogP contribution in [0.15, 0.2) is 18.3 Å². The van der Waals surface area contributed by atoms with E-state index < -0.39 is 0 Å². The molecule has 16 heavy (non-hydrogen) atoms. The Balaban J connectivity index is 2.19. The van der Waals surface area contributed by atoms with E-state index in [1.54, 1.807) is 18.3 Å². The number of pyridine rings is 1. The lowest BCUT2D eigenvalue weighted by atomic mass is 10.1. The summed E-state index contributed by atoms with van der Waals surface area (Å²) in [5, 5.41) is 0.366. The second-order valence-electron chi connectivity index (χ2n) is 4.51. The number of amides is 1. The number of carbonyl (C=O) groups is 1. The van der Waals surface area contributed by atoms with Gasteiger partial charge in [0.15, 0.2) is 0 Å². The van der Waals surface area contributed by atoms with Gasteiger partial charge in [-0.1, -0.05) is 18.5 Å². The summed E-state index contributed by atoms with van der Waals surface area (Å²) in [5.41, 5.74) is 0.626. The van der Waals surface area contributed by atoms with Gasteiger partial charge in [-0.25, -0.2) is 4.98 Å². The Morgan fingerprint density at radius 1 is 1.56 bits per heavy atom. The molecule has 2 heterocycles. The molecule has 1 saturated heterocycles. The van der Waals surface area contributed by atoms with Crippen LogP contribution >= 0.6 is 11.6 Å². The fraction of sp³-hybridized carbons (Fsp3) is 0.500. The molecule has 1 amide bonds. The highest BCUT2D eigenvalue weighted by atomic mass is 35.5. The maximum absolute atomic E-state index is 12.2. The molecule has 0 aliphatic carbocycles. The fourth-order valence-electron chi connectivity index (χ4n) is 2.28. The predicted octanol–water partition coefficient (Wildman–Crippen LogP) is 2.61. The van der Waals surface area contributed by atoms with E-state index in [2.05, 4.69) is 18.8 Å². The first-order chi connectivity index (χ1) is 7.58. The first-order valence-electron chi connectivity index (χ1n) is 5.50. The molecule has 0 aromatic carbocycles. The van der Waals surface area contributed by atoms with Crippen LogP contribution in [0.25, 0.3) is 0 Å². The van der Waals surface area contributed by atoms with Crippen molar-refractivity contribution >= 4 is 17.5 Å². The van der Waals surface area contributed by atoms with Crippen molar-refractivity contribution in [1.29, 1.82) is 0 Å². The van der Waals surface area contributed by atoms with E-state index in [1.807, 2.05) is 4.90 Å². The number of carbonyl (C=O) groups excluding carboxylic acids is 1. The molecular formula is C12H15ClN2O. The van der Waals surface area contributed by atoms with Crippen molar-refractivity contribution in [3.63, 3.8) is 0 Å². The molecular weight excluding hydrogens is 224 g/mol. The lowest BCUT2D eigenvalue weighted by Gasteiger charge is -2.21. The maximum atomic E-state index is 12.2. The minimum absolute atomic E-state index is 0.0566. The van der Waals surface area contributed by atoms with Gasteiger partial charge in [0.25, 0.3) is 5.91 Å². The number of likely N-dealkylation sites (tertiary alicyclic amines) is 1. The smallest absolute Gasteiger partial charge is 0.254 e. The zero-order valence-corrected chi connectivity index (χ0v) is 10.2. The molecule has 4 heteroatoms. The fourth-order valence-corrected chi connectivity index (χ4v) is 2.46. The van der Waals surface area contributed by atoms with E-state index in [0.29, 0.717) is 22.7 Å². The van der Waals surface area contributed by atoms with E-state index in [1.165, 1.54) is 0 Å². The molecule has 1 aliphatic rings. The average Bonchev–Trinajstić information content (AvgIpc) is 2.57. The van der Waals surface area contributed by atoms with E-state index in [9.17, 15) is 4.79 Å². The molecule has 2 atom stereocenters. The van der Waals surface area contributed by atoms with Crippen LogP contribution in [0.2, 0.25) is 5.15 Å². The van der Waals surface area contributed by atoms with Crippen LogP contribution in [0.3, 0.4) is 0 Å². The molecule has 86 valence electrons. The molecule has 0 N–H and O–H groups in total.